The number of aromatic nitrogens is 2. The van der Waals surface area contributed by atoms with E-state index >= 15 is 0 Å². The molecule has 0 radical (unpaired) electrons. The molecule has 0 saturated heterocycles. The number of phenols is 1. The summed E-state index contributed by atoms with van der Waals surface area (Å²) in [6.45, 7) is 0. The van der Waals surface area contributed by atoms with Crippen molar-refractivity contribution in [2.24, 2.45) is 0 Å². The minimum atomic E-state index is -0.512. The van der Waals surface area contributed by atoms with Gasteiger partial charge in [-0.3, -0.25) is 10.1 Å². The van der Waals surface area contributed by atoms with Crippen LogP contribution in [0.2, 0.25) is 0 Å². The number of aromatic hydroxyl groups is 1. The van der Waals surface area contributed by atoms with Gasteiger partial charge < -0.3 is 10.8 Å². The summed E-state index contributed by atoms with van der Waals surface area (Å²) in [6, 6.07) is 13.2. The Kier molecular flexibility index (Phi) is 4.21. The van der Waals surface area contributed by atoms with E-state index in [9.17, 15) is 15.2 Å². The fourth-order valence-electron chi connectivity index (χ4n) is 2.16. The summed E-state index contributed by atoms with van der Waals surface area (Å²) in [4.78, 5) is 10.4. The number of rotatable bonds is 4. The number of hydrogen-bond donors (Lipinski definition) is 2. The van der Waals surface area contributed by atoms with E-state index in [0.717, 1.165) is 5.56 Å². The highest BCUT2D eigenvalue weighted by Crippen LogP contribution is 2.32. The van der Waals surface area contributed by atoms with E-state index in [1.54, 1.807) is 6.08 Å². The first-order valence-corrected chi connectivity index (χ1v) is 7.70. The van der Waals surface area contributed by atoms with Crippen molar-refractivity contribution in [3.05, 3.63) is 74.8 Å². The molecule has 3 aromatic rings. The summed E-state index contributed by atoms with van der Waals surface area (Å²) in [5.74, 6) is -0.0634. The van der Waals surface area contributed by atoms with Crippen LogP contribution < -0.4 is 5.73 Å². The molecule has 7 nitrogen and oxygen atoms in total. The lowest BCUT2D eigenvalue weighted by atomic mass is 10.0. The van der Waals surface area contributed by atoms with Crippen LogP contribution in [0.3, 0.4) is 0 Å². The zero-order valence-corrected chi connectivity index (χ0v) is 13.1. The highest BCUT2D eigenvalue weighted by molar-refractivity contribution is 7.16. The minimum Gasteiger partial charge on any atom is -0.507 e. The van der Waals surface area contributed by atoms with Gasteiger partial charge in [0.2, 0.25) is 5.13 Å². The molecule has 24 heavy (non-hydrogen) atoms. The molecule has 0 aliphatic rings. The fraction of sp³-hybridized carbons (Fsp3) is 0. The van der Waals surface area contributed by atoms with Crippen LogP contribution in [-0.4, -0.2) is 20.2 Å². The third-order valence-electron chi connectivity index (χ3n) is 3.28. The van der Waals surface area contributed by atoms with Crippen molar-refractivity contribution in [2.45, 2.75) is 0 Å². The maximum atomic E-state index is 11.0. The average molecular weight is 340 g/mol. The zero-order chi connectivity index (χ0) is 17.1. The predicted octanol–water partition coefficient (Wildman–Crippen LogP) is 3.32. The second-order valence-corrected chi connectivity index (χ2v) is 5.88. The maximum Gasteiger partial charge on any atom is 0.270 e. The zero-order valence-electron chi connectivity index (χ0n) is 12.3. The van der Waals surface area contributed by atoms with Crippen LogP contribution in [0.15, 0.2) is 48.5 Å². The Morgan fingerprint density at radius 2 is 1.96 bits per heavy atom. The van der Waals surface area contributed by atoms with E-state index in [0.29, 0.717) is 21.3 Å². The third kappa shape index (κ3) is 3.23. The molecule has 0 aliphatic carbocycles. The SMILES string of the molecule is Nc1nnc(/C(=C/c2cc([N+](=O)[O-])ccc2O)c2ccccc2)s1. The van der Waals surface area contributed by atoms with Crippen molar-refractivity contribution >= 4 is 33.8 Å². The highest BCUT2D eigenvalue weighted by atomic mass is 32.1. The summed E-state index contributed by atoms with van der Waals surface area (Å²) < 4.78 is 0. The Hall–Kier alpha value is -3.26. The second kappa shape index (κ2) is 6.47. The number of nitrogens with zero attached hydrogens (tertiary/aromatic N) is 3. The average Bonchev–Trinajstić information content (AvgIpc) is 3.00. The Morgan fingerprint density at radius 3 is 2.58 bits per heavy atom. The van der Waals surface area contributed by atoms with Gasteiger partial charge >= 0.3 is 0 Å². The summed E-state index contributed by atoms with van der Waals surface area (Å²) >= 11 is 1.20. The lowest BCUT2D eigenvalue weighted by Crippen LogP contribution is -1.91. The van der Waals surface area contributed by atoms with Crippen molar-refractivity contribution in [1.82, 2.24) is 10.2 Å². The molecule has 2 aromatic carbocycles. The van der Waals surface area contributed by atoms with Crippen LogP contribution in [-0.2, 0) is 0 Å². The van der Waals surface area contributed by atoms with E-state index in [1.807, 2.05) is 30.3 Å². The molecule has 0 fully saturated rings. The second-order valence-electron chi connectivity index (χ2n) is 4.87. The first-order chi connectivity index (χ1) is 11.5. The van der Waals surface area contributed by atoms with Crippen LogP contribution in [0.1, 0.15) is 16.1 Å². The molecule has 0 spiro atoms. The van der Waals surface area contributed by atoms with Crippen LogP contribution in [0.5, 0.6) is 5.75 Å². The molecule has 1 heterocycles. The number of nitrogen functional groups attached to an aromatic ring is 1. The largest absolute Gasteiger partial charge is 0.507 e. The monoisotopic (exact) mass is 340 g/mol. The molecule has 0 unspecified atom stereocenters. The lowest BCUT2D eigenvalue weighted by molar-refractivity contribution is -0.384. The summed E-state index contributed by atoms with van der Waals surface area (Å²) in [7, 11) is 0. The van der Waals surface area contributed by atoms with Crippen LogP contribution in [0.4, 0.5) is 10.8 Å². The molecule has 0 aliphatic heterocycles. The fourth-order valence-corrected chi connectivity index (χ4v) is 2.80. The van der Waals surface area contributed by atoms with Gasteiger partial charge in [-0.2, -0.15) is 0 Å². The Balaban J connectivity index is 2.17. The number of nitro benzene ring substituents is 1. The minimum absolute atomic E-state index is 0.0634. The molecule has 3 rings (SSSR count). The van der Waals surface area contributed by atoms with E-state index in [1.165, 1.54) is 29.5 Å². The van der Waals surface area contributed by atoms with Gasteiger partial charge in [0, 0.05) is 23.3 Å². The number of benzene rings is 2. The quantitative estimate of drug-likeness (QED) is 0.427. The number of hydrogen-bond acceptors (Lipinski definition) is 7. The topological polar surface area (TPSA) is 115 Å². The molecule has 0 atom stereocenters. The van der Waals surface area contributed by atoms with Gasteiger partial charge in [-0.1, -0.05) is 41.7 Å². The van der Waals surface area contributed by atoms with Gasteiger partial charge in [0.25, 0.3) is 5.69 Å². The molecule has 120 valence electrons. The number of nitro groups is 1. The Bertz CT molecular complexity index is 922. The van der Waals surface area contributed by atoms with E-state index in [4.69, 9.17) is 5.73 Å². The molecule has 3 N–H and O–H groups in total. The van der Waals surface area contributed by atoms with E-state index in [2.05, 4.69) is 10.2 Å². The van der Waals surface area contributed by atoms with Crippen molar-refractivity contribution in [2.75, 3.05) is 5.73 Å². The van der Waals surface area contributed by atoms with Gasteiger partial charge in [-0.15, -0.1) is 10.2 Å². The van der Waals surface area contributed by atoms with E-state index < -0.39 is 4.92 Å². The number of nitrogens with two attached hydrogens (primary N) is 1. The normalized spacial score (nSPS) is 11.4. The predicted molar refractivity (Wildman–Crippen MR) is 92.5 cm³/mol. The van der Waals surface area contributed by atoms with Crippen molar-refractivity contribution in [3.8, 4) is 5.75 Å². The summed E-state index contributed by atoms with van der Waals surface area (Å²) in [6.07, 6.45) is 1.64. The highest BCUT2D eigenvalue weighted by Gasteiger charge is 2.14. The molecule has 0 bridgehead atoms. The van der Waals surface area contributed by atoms with Crippen molar-refractivity contribution in [1.29, 1.82) is 0 Å². The van der Waals surface area contributed by atoms with Gasteiger partial charge in [-0.25, -0.2) is 0 Å². The summed E-state index contributed by atoms with van der Waals surface area (Å²) in [5.41, 5.74) is 7.37. The molecule has 1 aromatic heterocycles. The number of anilines is 1. The lowest BCUT2D eigenvalue weighted by Gasteiger charge is -2.06. The number of non-ortho nitro benzene ring substituents is 1. The smallest absolute Gasteiger partial charge is 0.270 e. The van der Waals surface area contributed by atoms with Crippen LogP contribution >= 0.6 is 11.3 Å². The molecule has 0 saturated carbocycles. The van der Waals surface area contributed by atoms with Gasteiger partial charge in [0.05, 0.1) is 4.92 Å². The number of phenolic OH excluding ortho intramolecular Hbond substituents is 1. The van der Waals surface area contributed by atoms with E-state index in [-0.39, 0.29) is 11.4 Å². The Morgan fingerprint density at radius 1 is 1.21 bits per heavy atom. The van der Waals surface area contributed by atoms with Gasteiger partial charge in [0.15, 0.2) is 0 Å². The Labute approximate surface area is 140 Å². The van der Waals surface area contributed by atoms with Gasteiger partial charge in [-0.05, 0) is 17.7 Å². The van der Waals surface area contributed by atoms with Crippen molar-refractivity contribution in [3.63, 3.8) is 0 Å². The first-order valence-electron chi connectivity index (χ1n) is 6.88. The van der Waals surface area contributed by atoms with Gasteiger partial charge in [0.1, 0.15) is 10.8 Å². The third-order valence-corrected chi connectivity index (χ3v) is 4.06. The maximum absolute atomic E-state index is 11.0. The van der Waals surface area contributed by atoms with Crippen molar-refractivity contribution < 1.29 is 10.0 Å². The summed E-state index contributed by atoms with van der Waals surface area (Å²) in [5, 5.41) is 29.7. The van der Waals surface area contributed by atoms with Crippen LogP contribution in [0.25, 0.3) is 11.6 Å². The standard InChI is InChI=1S/C16H12N4O3S/c17-16-19-18-15(24-16)13(10-4-2-1-3-5-10)9-11-8-12(20(22)23)6-7-14(11)21/h1-9,21H,(H2,17,19)/b13-9+. The molecule has 8 heteroatoms. The molecular weight excluding hydrogens is 328 g/mol. The molecule has 0 amide bonds. The first kappa shape index (κ1) is 15.6. The molecular formula is C16H12N4O3S. The van der Waals surface area contributed by atoms with Crippen LogP contribution in [0, 0.1) is 10.1 Å².